The van der Waals surface area contributed by atoms with Crippen molar-refractivity contribution in [3.05, 3.63) is 0 Å². The zero-order valence-electron chi connectivity index (χ0n) is 7.28. The molecule has 0 saturated carbocycles. The Labute approximate surface area is 144 Å². The van der Waals surface area contributed by atoms with E-state index in [1.54, 1.807) is 0 Å². The van der Waals surface area contributed by atoms with E-state index >= 15 is 0 Å². The molecule has 1 heterocycles. The van der Waals surface area contributed by atoms with E-state index in [0.29, 0.717) is 0 Å². The van der Waals surface area contributed by atoms with Gasteiger partial charge in [0.1, 0.15) is 0 Å². The summed E-state index contributed by atoms with van der Waals surface area (Å²) in [5.41, 5.74) is 0. The Kier molecular flexibility index (Phi) is 15.9. The van der Waals surface area contributed by atoms with Crippen molar-refractivity contribution in [1.82, 2.24) is 0 Å². The molecule has 0 aromatic heterocycles. The van der Waals surface area contributed by atoms with E-state index in [1.807, 2.05) is 23.5 Å². The molecule has 1 aliphatic rings. The zero-order valence-corrected chi connectivity index (χ0v) is 18.6. The quantitative estimate of drug-likeness (QED) is 0.331. The molecule has 86 valence electrons. The standard InChI is InChI=1S/C6H12S4.3HI.V/c7-1-5-3-10-6(2-8)4-9-5;;;;/h5-8H,1-4H2;3*1H;/q;;;;+3/p-3. The molecule has 14 heavy (non-hydrogen) atoms. The number of rotatable bonds is 2. The van der Waals surface area contributed by atoms with E-state index in [4.69, 9.17) is 0 Å². The molecule has 8 heteroatoms. The van der Waals surface area contributed by atoms with E-state index in [1.165, 1.54) is 11.5 Å². The Morgan fingerprint density at radius 1 is 1.00 bits per heavy atom. The summed E-state index contributed by atoms with van der Waals surface area (Å²) in [7, 11) is 0. The van der Waals surface area contributed by atoms with Crippen LogP contribution < -0.4 is 0 Å². The maximum atomic E-state index is 4.27. The van der Waals surface area contributed by atoms with Crippen LogP contribution in [0.5, 0.6) is 0 Å². The van der Waals surface area contributed by atoms with Crippen LogP contribution in [0.4, 0.5) is 0 Å². The van der Waals surface area contributed by atoms with E-state index in [2.05, 4.69) is 85.2 Å². The van der Waals surface area contributed by atoms with Gasteiger partial charge in [-0.25, -0.2) is 0 Å². The van der Waals surface area contributed by atoms with Crippen molar-refractivity contribution in [2.75, 3.05) is 23.0 Å². The van der Waals surface area contributed by atoms with Gasteiger partial charge in [-0.2, -0.15) is 48.8 Å². The van der Waals surface area contributed by atoms with E-state index in [9.17, 15) is 0 Å². The molecule has 0 aromatic carbocycles. The molecular formula is C6H12I3S4V. The van der Waals surface area contributed by atoms with Crippen molar-refractivity contribution in [3.63, 3.8) is 0 Å². The molecule has 0 radical (unpaired) electrons. The molecule has 1 fully saturated rings. The Bertz CT molecular complexity index is 117. The molecule has 2 unspecified atom stereocenters. The second-order valence-corrected chi connectivity index (χ2v) is 41.2. The summed E-state index contributed by atoms with van der Waals surface area (Å²) < 4.78 is 0. The van der Waals surface area contributed by atoms with Crippen molar-refractivity contribution < 1.29 is 4.92 Å². The van der Waals surface area contributed by atoms with Crippen molar-refractivity contribution in [3.8, 4) is 0 Å². The van der Waals surface area contributed by atoms with Crippen LogP contribution in [0, 0.1) is 0 Å². The Balaban J connectivity index is 0.000000364. The maximum absolute atomic E-state index is 4.27. The fraction of sp³-hybridized carbons (Fsp3) is 1.00. The molecule has 1 aliphatic heterocycles. The summed E-state index contributed by atoms with van der Waals surface area (Å²) in [6, 6.07) is 0. The predicted octanol–water partition coefficient (Wildman–Crippen LogP) is 4.72. The van der Waals surface area contributed by atoms with Crippen LogP contribution >= 0.6 is 109 Å². The molecule has 0 aliphatic carbocycles. The van der Waals surface area contributed by atoms with Crippen molar-refractivity contribution in [2.24, 2.45) is 0 Å². The first-order valence-electron chi connectivity index (χ1n) is 3.82. The molecule has 2 atom stereocenters. The van der Waals surface area contributed by atoms with Crippen LogP contribution in [-0.4, -0.2) is 33.5 Å². The monoisotopic (exact) mass is 644 g/mol. The van der Waals surface area contributed by atoms with Crippen LogP contribution in [0.3, 0.4) is 0 Å². The normalized spacial score (nSPS) is 27.0. The second-order valence-electron chi connectivity index (χ2n) is 2.47. The van der Waals surface area contributed by atoms with Crippen LogP contribution in [0.25, 0.3) is 0 Å². The van der Waals surface area contributed by atoms with E-state index < -0.39 is 0 Å². The van der Waals surface area contributed by atoms with Gasteiger partial charge in [0, 0.05) is 33.5 Å². The van der Waals surface area contributed by atoms with Gasteiger partial charge in [0.05, 0.1) is 0 Å². The molecule has 0 nitrogen and oxygen atoms in total. The first-order valence-corrected chi connectivity index (χ1v) is 20.7. The molecule has 0 bridgehead atoms. The number of thiol groups is 2. The van der Waals surface area contributed by atoms with Crippen LogP contribution in [0.1, 0.15) is 0 Å². The zero-order chi connectivity index (χ0) is 11.0. The number of hydrogen-bond acceptors (Lipinski definition) is 4. The Morgan fingerprint density at radius 2 is 1.29 bits per heavy atom. The number of thioether (sulfide) groups is 2. The SMILES string of the molecule is SCC1CSC(CS)CS1.[I][V]([I])[I]. The number of hydrogen-bond donors (Lipinski definition) is 2. The molecule has 0 spiro atoms. The predicted molar refractivity (Wildman–Crippen MR) is 102 cm³/mol. The molecule has 1 saturated heterocycles. The fourth-order valence-corrected chi connectivity index (χ4v) is 4.70. The summed E-state index contributed by atoms with van der Waals surface area (Å²) in [6.45, 7) is 0. The first-order chi connectivity index (χ1) is 6.60. The van der Waals surface area contributed by atoms with Gasteiger partial charge in [-0.15, -0.1) is 0 Å². The minimum atomic E-state index is -0.278. The van der Waals surface area contributed by atoms with Gasteiger partial charge in [0.25, 0.3) is 0 Å². The first kappa shape index (κ1) is 18.2. The molecule has 1 rings (SSSR count). The molecule has 0 aromatic rings. The summed E-state index contributed by atoms with van der Waals surface area (Å²) in [6.07, 6.45) is 0. The molecular weight excluding hydrogens is 632 g/mol. The fourth-order valence-electron chi connectivity index (χ4n) is 0.794. The van der Waals surface area contributed by atoms with E-state index in [0.717, 1.165) is 22.0 Å². The molecule has 0 amide bonds. The average molecular weight is 644 g/mol. The van der Waals surface area contributed by atoms with Gasteiger partial charge in [-0.1, -0.05) is 0 Å². The third kappa shape index (κ3) is 11.3. The van der Waals surface area contributed by atoms with Crippen molar-refractivity contribution in [2.45, 2.75) is 10.5 Å². The van der Waals surface area contributed by atoms with Gasteiger partial charge < -0.3 is 0 Å². The third-order valence-electron chi connectivity index (χ3n) is 1.44. The van der Waals surface area contributed by atoms with Crippen molar-refractivity contribution in [1.29, 1.82) is 0 Å². The van der Waals surface area contributed by atoms with Crippen LogP contribution in [0.2, 0.25) is 0 Å². The van der Waals surface area contributed by atoms with Gasteiger partial charge in [0.2, 0.25) is 0 Å². The van der Waals surface area contributed by atoms with Gasteiger partial charge >= 0.3 is 64.9 Å². The Morgan fingerprint density at radius 3 is 1.43 bits per heavy atom. The summed E-state index contributed by atoms with van der Waals surface area (Å²) >= 11 is 20.0. The number of halogens is 3. The van der Waals surface area contributed by atoms with Crippen LogP contribution in [0.15, 0.2) is 0 Å². The summed E-state index contributed by atoms with van der Waals surface area (Å²) in [5.74, 6) is 4.58. The van der Waals surface area contributed by atoms with Crippen molar-refractivity contribution >= 4 is 109 Å². The molecule has 0 N–H and O–H groups in total. The minimum absolute atomic E-state index is 0.278. The topological polar surface area (TPSA) is 0 Å². The second kappa shape index (κ2) is 12.2. The Hall–Kier alpha value is 4.17. The van der Waals surface area contributed by atoms with Gasteiger partial charge in [0.15, 0.2) is 0 Å². The summed E-state index contributed by atoms with van der Waals surface area (Å²) in [5, 5.41) is 1.56. The van der Waals surface area contributed by atoms with Gasteiger partial charge in [-0.3, -0.25) is 0 Å². The van der Waals surface area contributed by atoms with Gasteiger partial charge in [-0.05, 0) is 0 Å². The summed E-state index contributed by atoms with van der Waals surface area (Å²) in [4.78, 5) is -0.278. The average Bonchev–Trinajstić information content (AvgIpc) is 2.17. The van der Waals surface area contributed by atoms with Crippen LogP contribution in [-0.2, 0) is 4.92 Å². The third-order valence-corrected chi connectivity index (χ3v) is 6.04. The van der Waals surface area contributed by atoms with E-state index in [-0.39, 0.29) is 4.92 Å².